The zero-order valence-electron chi connectivity index (χ0n) is 18.5. The fourth-order valence-corrected chi connectivity index (χ4v) is 4.54. The van der Waals surface area contributed by atoms with Crippen molar-refractivity contribution < 1.29 is 9.53 Å². The number of nitrogens with zero attached hydrogens (tertiary/aromatic N) is 2. The van der Waals surface area contributed by atoms with Crippen LogP contribution in [0, 0.1) is 0 Å². The second-order valence-corrected chi connectivity index (χ2v) is 8.49. The Hall–Kier alpha value is -3.58. The van der Waals surface area contributed by atoms with Gasteiger partial charge in [-0.25, -0.2) is 4.98 Å². The van der Waals surface area contributed by atoms with Crippen molar-refractivity contribution in [2.45, 2.75) is 30.7 Å². The largest absolute Gasteiger partial charge is 0.492 e. The average Bonchev–Trinajstić information content (AvgIpc) is 2.84. The number of hydrogen-bond donors (Lipinski definition) is 1. The van der Waals surface area contributed by atoms with Crippen LogP contribution in [0.15, 0.2) is 88.8 Å². The highest BCUT2D eigenvalue weighted by molar-refractivity contribution is 8.00. The van der Waals surface area contributed by atoms with Crippen LogP contribution in [-0.4, -0.2) is 27.3 Å². The molecule has 0 aliphatic heterocycles. The van der Waals surface area contributed by atoms with E-state index in [1.54, 1.807) is 10.6 Å². The molecule has 3 aromatic carbocycles. The Morgan fingerprint density at radius 2 is 1.70 bits per heavy atom. The van der Waals surface area contributed by atoms with Crippen LogP contribution in [0.2, 0.25) is 0 Å². The van der Waals surface area contributed by atoms with Crippen LogP contribution in [0.5, 0.6) is 5.75 Å². The lowest BCUT2D eigenvalue weighted by molar-refractivity contribution is -0.115. The molecule has 1 unspecified atom stereocenters. The van der Waals surface area contributed by atoms with E-state index in [4.69, 9.17) is 9.72 Å². The van der Waals surface area contributed by atoms with Gasteiger partial charge in [-0.3, -0.25) is 14.2 Å². The molecule has 0 radical (unpaired) electrons. The first-order chi connectivity index (χ1) is 16.1. The lowest BCUT2D eigenvalue weighted by atomic mass is 10.2. The van der Waals surface area contributed by atoms with Gasteiger partial charge in [0.05, 0.1) is 34.1 Å². The highest BCUT2D eigenvalue weighted by Gasteiger charge is 2.23. The zero-order chi connectivity index (χ0) is 23.2. The molecular weight excluding hydrogens is 434 g/mol. The van der Waals surface area contributed by atoms with Crippen molar-refractivity contribution in [2.75, 3.05) is 11.9 Å². The normalized spacial score (nSPS) is 11.8. The first kappa shape index (κ1) is 22.6. The lowest BCUT2D eigenvalue weighted by Gasteiger charge is -2.19. The number of fused-ring (bicyclic) bond motifs is 1. The van der Waals surface area contributed by atoms with Crippen molar-refractivity contribution in [3.63, 3.8) is 0 Å². The number of rotatable bonds is 8. The standard InChI is InChI=1S/C26H25N3O3S/c1-3-23(24(30)27-21-16-10-11-17-22(21)32-4-2)33-26-28-20-15-9-8-14-19(20)25(31)29(26)18-12-6-5-7-13-18/h5-17,23H,3-4H2,1-2H3,(H,27,30). The Balaban J connectivity index is 1.71. The molecule has 4 aromatic rings. The van der Waals surface area contributed by atoms with Gasteiger partial charge in [-0.2, -0.15) is 0 Å². The minimum absolute atomic E-state index is 0.161. The van der Waals surface area contributed by atoms with E-state index >= 15 is 0 Å². The number of carbonyl (C=O) groups is 1. The molecule has 168 valence electrons. The molecule has 1 heterocycles. The molecule has 33 heavy (non-hydrogen) atoms. The lowest BCUT2D eigenvalue weighted by Crippen LogP contribution is -2.27. The number of para-hydroxylation sites is 4. The summed E-state index contributed by atoms with van der Waals surface area (Å²) in [6, 6.07) is 24.0. The summed E-state index contributed by atoms with van der Waals surface area (Å²) < 4.78 is 7.21. The third-order valence-electron chi connectivity index (χ3n) is 5.11. The number of anilines is 1. The smallest absolute Gasteiger partial charge is 0.266 e. The number of nitrogens with one attached hydrogen (secondary N) is 1. The molecular formula is C26H25N3O3S. The first-order valence-corrected chi connectivity index (χ1v) is 11.8. The van der Waals surface area contributed by atoms with Crippen LogP contribution >= 0.6 is 11.8 Å². The van der Waals surface area contributed by atoms with Crippen LogP contribution in [0.4, 0.5) is 5.69 Å². The van der Waals surface area contributed by atoms with Gasteiger partial charge in [-0.05, 0) is 49.7 Å². The number of carbonyl (C=O) groups excluding carboxylic acids is 1. The van der Waals surface area contributed by atoms with Gasteiger partial charge < -0.3 is 10.1 Å². The molecule has 1 atom stereocenters. The highest BCUT2D eigenvalue weighted by Crippen LogP contribution is 2.29. The maximum absolute atomic E-state index is 13.4. The van der Waals surface area contributed by atoms with Crippen molar-refractivity contribution in [3.05, 3.63) is 89.2 Å². The summed E-state index contributed by atoms with van der Waals surface area (Å²) in [5, 5.41) is 3.53. The molecule has 4 rings (SSSR count). The molecule has 0 saturated carbocycles. The van der Waals surface area contributed by atoms with E-state index in [9.17, 15) is 9.59 Å². The van der Waals surface area contributed by atoms with Gasteiger partial charge in [0.1, 0.15) is 5.75 Å². The number of ether oxygens (including phenoxy) is 1. The van der Waals surface area contributed by atoms with Gasteiger partial charge in [0.15, 0.2) is 5.16 Å². The Morgan fingerprint density at radius 1 is 1.00 bits per heavy atom. The minimum Gasteiger partial charge on any atom is -0.492 e. The van der Waals surface area contributed by atoms with Crippen LogP contribution in [0.1, 0.15) is 20.3 Å². The van der Waals surface area contributed by atoms with Crippen molar-refractivity contribution >= 4 is 34.3 Å². The summed E-state index contributed by atoms with van der Waals surface area (Å²) >= 11 is 1.28. The van der Waals surface area contributed by atoms with Gasteiger partial charge in [-0.1, -0.05) is 61.2 Å². The number of benzene rings is 3. The average molecular weight is 460 g/mol. The summed E-state index contributed by atoms with van der Waals surface area (Å²) in [5.41, 5.74) is 1.77. The van der Waals surface area contributed by atoms with E-state index in [1.807, 2.05) is 86.6 Å². The van der Waals surface area contributed by atoms with E-state index in [2.05, 4.69) is 5.32 Å². The second kappa shape index (κ2) is 10.4. The minimum atomic E-state index is -0.456. The molecule has 0 aliphatic rings. The van der Waals surface area contributed by atoms with Gasteiger partial charge >= 0.3 is 0 Å². The predicted molar refractivity (Wildman–Crippen MR) is 134 cm³/mol. The van der Waals surface area contributed by atoms with Crippen LogP contribution in [0.25, 0.3) is 16.6 Å². The summed E-state index contributed by atoms with van der Waals surface area (Å²) in [5.74, 6) is 0.454. The fourth-order valence-electron chi connectivity index (χ4n) is 3.51. The number of hydrogen-bond acceptors (Lipinski definition) is 5. The Bertz CT molecular complexity index is 1320. The highest BCUT2D eigenvalue weighted by atomic mass is 32.2. The molecule has 0 bridgehead atoms. The van der Waals surface area contributed by atoms with Gasteiger partial charge in [0, 0.05) is 0 Å². The SMILES string of the molecule is CCOc1ccccc1NC(=O)C(CC)Sc1nc2ccccc2c(=O)n1-c1ccccc1. The quantitative estimate of drug-likeness (QED) is 0.286. The molecule has 0 aliphatic carbocycles. The van der Waals surface area contributed by atoms with E-state index in [0.717, 1.165) is 0 Å². The summed E-state index contributed by atoms with van der Waals surface area (Å²) in [7, 11) is 0. The molecule has 7 heteroatoms. The molecule has 1 amide bonds. The van der Waals surface area contributed by atoms with E-state index < -0.39 is 5.25 Å². The monoisotopic (exact) mass is 459 g/mol. The maximum Gasteiger partial charge on any atom is 0.266 e. The maximum atomic E-state index is 13.4. The van der Waals surface area contributed by atoms with E-state index in [0.29, 0.717) is 46.2 Å². The number of amides is 1. The molecule has 1 N–H and O–H groups in total. The number of aromatic nitrogens is 2. The van der Waals surface area contributed by atoms with Crippen LogP contribution < -0.4 is 15.6 Å². The predicted octanol–water partition coefficient (Wildman–Crippen LogP) is 5.29. The topological polar surface area (TPSA) is 73.2 Å². The van der Waals surface area contributed by atoms with Crippen LogP contribution in [0.3, 0.4) is 0 Å². The molecule has 6 nitrogen and oxygen atoms in total. The molecule has 0 fully saturated rings. The van der Waals surface area contributed by atoms with Crippen LogP contribution in [-0.2, 0) is 4.79 Å². The van der Waals surface area contributed by atoms with Gasteiger partial charge in [0.25, 0.3) is 5.56 Å². The third-order valence-corrected chi connectivity index (χ3v) is 6.43. The Labute approximate surface area is 196 Å². The molecule has 0 saturated heterocycles. The van der Waals surface area contributed by atoms with Gasteiger partial charge in [0.2, 0.25) is 5.91 Å². The van der Waals surface area contributed by atoms with Gasteiger partial charge in [-0.15, -0.1) is 0 Å². The fraction of sp³-hybridized carbons (Fsp3) is 0.192. The first-order valence-electron chi connectivity index (χ1n) is 10.9. The van der Waals surface area contributed by atoms with E-state index in [-0.39, 0.29) is 11.5 Å². The number of thioether (sulfide) groups is 1. The van der Waals surface area contributed by atoms with Crippen molar-refractivity contribution in [3.8, 4) is 11.4 Å². The second-order valence-electron chi connectivity index (χ2n) is 7.32. The summed E-state index contributed by atoms with van der Waals surface area (Å²) in [6.45, 7) is 4.35. The van der Waals surface area contributed by atoms with Crippen molar-refractivity contribution in [1.29, 1.82) is 0 Å². The summed E-state index contributed by atoms with van der Waals surface area (Å²) in [6.07, 6.45) is 0.560. The molecule has 1 aromatic heterocycles. The third kappa shape index (κ3) is 4.93. The van der Waals surface area contributed by atoms with E-state index in [1.165, 1.54) is 11.8 Å². The Morgan fingerprint density at radius 3 is 2.45 bits per heavy atom. The summed E-state index contributed by atoms with van der Waals surface area (Å²) in [4.78, 5) is 31.3. The molecule has 0 spiro atoms. The Kier molecular flexibility index (Phi) is 7.10. The zero-order valence-corrected chi connectivity index (χ0v) is 19.3. The van der Waals surface area contributed by atoms with Crippen molar-refractivity contribution in [1.82, 2.24) is 9.55 Å². The van der Waals surface area contributed by atoms with Crippen molar-refractivity contribution in [2.24, 2.45) is 0 Å².